The molecule has 10 heteroatoms. The number of ether oxygens (including phenoxy) is 1. The van der Waals surface area contributed by atoms with Crippen LogP contribution in [0.4, 0.5) is 0 Å². The average Bonchev–Trinajstić information content (AvgIpc) is 2.93. The van der Waals surface area contributed by atoms with E-state index in [1.165, 1.54) is 0 Å². The molecule has 1 saturated heterocycles. The second kappa shape index (κ2) is 6.38. The van der Waals surface area contributed by atoms with E-state index in [0.29, 0.717) is 31.3 Å². The Morgan fingerprint density at radius 1 is 1.47 bits per heavy atom. The molecule has 3 N–H and O–H groups in total. The van der Waals surface area contributed by atoms with E-state index in [1.54, 1.807) is 4.90 Å². The van der Waals surface area contributed by atoms with Crippen LogP contribution in [-0.4, -0.2) is 64.2 Å². The number of carbonyl (C=O) groups is 1. The van der Waals surface area contributed by atoms with Crippen LogP contribution in [0.3, 0.4) is 0 Å². The van der Waals surface area contributed by atoms with Crippen LogP contribution in [0.5, 0.6) is 0 Å². The molecule has 1 aromatic heterocycles. The Bertz CT molecular complexity index is 471. The van der Waals surface area contributed by atoms with Gasteiger partial charge in [-0.2, -0.15) is 0 Å². The Morgan fingerprint density at radius 3 is 2.89 bits per heavy atom. The first-order chi connectivity index (χ1) is 9.22. The molecule has 1 aliphatic heterocycles. The number of amidine groups is 1. The average molecular weight is 287 g/mol. The lowest BCUT2D eigenvalue weighted by Gasteiger charge is -2.26. The fraction of sp³-hybridized carbons (Fsp3) is 0.556. The standard InChI is InChI=1S/C9H13N5O4S/c10-8(11-16)7-9(13-18-12-7)19-5-6(15)14-1-3-17-4-2-14/h16H,1-5H2,(H2,10,11). The zero-order valence-corrected chi connectivity index (χ0v) is 10.8. The van der Waals surface area contributed by atoms with Gasteiger partial charge in [0.15, 0.2) is 16.6 Å². The minimum absolute atomic E-state index is 0.0261. The van der Waals surface area contributed by atoms with Gasteiger partial charge in [0, 0.05) is 13.1 Å². The maximum Gasteiger partial charge on any atom is 0.233 e. The van der Waals surface area contributed by atoms with Gasteiger partial charge in [-0.1, -0.05) is 16.9 Å². The fourth-order valence-electron chi connectivity index (χ4n) is 1.51. The summed E-state index contributed by atoms with van der Waals surface area (Å²) in [5.41, 5.74) is 5.53. The van der Waals surface area contributed by atoms with Crippen LogP contribution < -0.4 is 5.73 Å². The van der Waals surface area contributed by atoms with Crippen molar-refractivity contribution >= 4 is 23.5 Å². The number of morpholine rings is 1. The summed E-state index contributed by atoms with van der Waals surface area (Å²) in [6.07, 6.45) is 0. The molecule has 0 saturated carbocycles. The van der Waals surface area contributed by atoms with Crippen molar-refractivity contribution in [1.29, 1.82) is 0 Å². The van der Waals surface area contributed by atoms with Crippen LogP contribution in [0.1, 0.15) is 5.69 Å². The molecule has 1 aromatic rings. The number of amides is 1. The van der Waals surface area contributed by atoms with E-state index in [2.05, 4.69) is 20.1 Å². The molecule has 1 fully saturated rings. The SMILES string of the molecule is N/C(=N\O)c1nonc1SCC(=O)N1CCOCC1. The van der Waals surface area contributed by atoms with Crippen molar-refractivity contribution in [3.8, 4) is 0 Å². The molecule has 0 unspecified atom stereocenters. The van der Waals surface area contributed by atoms with Crippen LogP contribution >= 0.6 is 11.8 Å². The normalized spacial score (nSPS) is 16.6. The van der Waals surface area contributed by atoms with Gasteiger partial charge in [0.2, 0.25) is 5.91 Å². The first-order valence-corrected chi connectivity index (χ1v) is 6.49. The highest BCUT2D eigenvalue weighted by molar-refractivity contribution is 8.00. The number of hydrogen-bond donors (Lipinski definition) is 2. The van der Waals surface area contributed by atoms with E-state index in [9.17, 15) is 4.79 Å². The highest BCUT2D eigenvalue weighted by Crippen LogP contribution is 2.19. The summed E-state index contributed by atoms with van der Waals surface area (Å²) >= 11 is 1.13. The van der Waals surface area contributed by atoms with E-state index < -0.39 is 0 Å². The monoisotopic (exact) mass is 287 g/mol. The number of oxime groups is 1. The summed E-state index contributed by atoms with van der Waals surface area (Å²) in [6, 6.07) is 0. The summed E-state index contributed by atoms with van der Waals surface area (Å²) in [6.45, 7) is 2.28. The second-order valence-corrected chi connectivity index (χ2v) is 4.65. The fourth-order valence-corrected chi connectivity index (χ4v) is 2.32. The number of hydrogen-bond acceptors (Lipinski definition) is 8. The second-order valence-electron chi connectivity index (χ2n) is 3.69. The van der Waals surface area contributed by atoms with Crippen molar-refractivity contribution in [2.75, 3.05) is 32.1 Å². The van der Waals surface area contributed by atoms with Crippen LogP contribution in [0.2, 0.25) is 0 Å². The smallest absolute Gasteiger partial charge is 0.233 e. The molecule has 9 nitrogen and oxygen atoms in total. The summed E-state index contributed by atoms with van der Waals surface area (Å²) in [5.74, 6) is -0.0516. The first-order valence-electron chi connectivity index (χ1n) is 5.51. The van der Waals surface area contributed by atoms with Gasteiger partial charge in [-0.3, -0.25) is 4.79 Å². The molecule has 0 radical (unpaired) electrons. The largest absolute Gasteiger partial charge is 0.409 e. The van der Waals surface area contributed by atoms with Gasteiger partial charge in [-0.25, -0.2) is 4.63 Å². The van der Waals surface area contributed by atoms with Gasteiger partial charge in [-0.05, 0) is 10.3 Å². The number of rotatable bonds is 4. The minimum Gasteiger partial charge on any atom is -0.409 e. The molecular weight excluding hydrogens is 274 g/mol. The van der Waals surface area contributed by atoms with E-state index in [-0.39, 0.29) is 23.2 Å². The third kappa shape index (κ3) is 3.35. The molecule has 0 bridgehead atoms. The van der Waals surface area contributed by atoms with Crippen molar-refractivity contribution < 1.29 is 19.4 Å². The number of carbonyl (C=O) groups excluding carboxylic acids is 1. The van der Waals surface area contributed by atoms with E-state index in [4.69, 9.17) is 15.7 Å². The lowest BCUT2D eigenvalue weighted by molar-refractivity contribution is -0.132. The van der Waals surface area contributed by atoms with E-state index in [1.807, 2.05) is 0 Å². The minimum atomic E-state index is -0.206. The highest BCUT2D eigenvalue weighted by atomic mass is 32.2. The molecule has 0 aromatic carbocycles. The molecule has 1 aliphatic rings. The number of thioether (sulfide) groups is 1. The lowest BCUT2D eigenvalue weighted by atomic mass is 10.4. The maximum absolute atomic E-state index is 11.9. The summed E-state index contributed by atoms with van der Waals surface area (Å²) in [5, 5.41) is 18.8. The molecule has 0 atom stereocenters. The van der Waals surface area contributed by atoms with Gasteiger partial charge in [0.05, 0.1) is 19.0 Å². The Kier molecular flexibility index (Phi) is 4.58. The molecular formula is C9H13N5O4S. The van der Waals surface area contributed by atoms with E-state index in [0.717, 1.165) is 11.8 Å². The number of nitrogens with two attached hydrogens (primary N) is 1. The molecule has 104 valence electrons. The van der Waals surface area contributed by atoms with Crippen molar-refractivity contribution in [3.05, 3.63) is 5.69 Å². The summed E-state index contributed by atoms with van der Waals surface area (Å²) < 4.78 is 9.68. The zero-order valence-electron chi connectivity index (χ0n) is 9.98. The zero-order chi connectivity index (χ0) is 13.7. The van der Waals surface area contributed by atoms with Crippen molar-refractivity contribution in [1.82, 2.24) is 15.2 Å². The predicted molar refractivity (Wildman–Crippen MR) is 64.9 cm³/mol. The van der Waals surface area contributed by atoms with Crippen LogP contribution in [0, 0.1) is 0 Å². The van der Waals surface area contributed by atoms with Gasteiger partial charge >= 0.3 is 0 Å². The van der Waals surface area contributed by atoms with Crippen molar-refractivity contribution in [3.63, 3.8) is 0 Å². The lowest BCUT2D eigenvalue weighted by Crippen LogP contribution is -2.41. The van der Waals surface area contributed by atoms with Gasteiger partial charge < -0.3 is 20.6 Å². The van der Waals surface area contributed by atoms with Crippen LogP contribution in [0.25, 0.3) is 0 Å². The molecule has 0 aliphatic carbocycles. The summed E-state index contributed by atoms with van der Waals surface area (Å²) in [4.78, 5) is 13.6. The van der Waals surface area contributed by atoms with E-state index >= 15 is 0 Å². The first kappa shape index (κ1) is 13.6. The maximum atomic E-state index is 11.9. The Labute approximate surface area is 112 Å². The molecule has 2 rings (SSSR count). The number of aromatic nitrogens is 2. The summed E-state index contributed by atoms with van der Waals surface area (Å²) in [7, 11) is 0. The van der Waals surface area contributed by atoms with Crippen LogP contribution in [-0.2, 0) is 9.53 Å². The number of nitrogens with zero attached hydrogens (tertiary/aromatic N) is 4. The quantitative estimate of drug-likeness (QED) is 0.240. The third-order valence-electron chi connectivity index (χ3n) is 2.50. The molecule has 0 spiro atoms. The van der Waals surface area contributed by atoms with Gasteiger partial charge in [0.25, 0.3) is 0 Å². The van der Waals surface area contributed by atoms with Gasteiger partial charge in [0.1, 0.15) is 0 Å². The molecule has 1 amide bonds. The molecule has 2 heterocycles. The Hall–Kier alpha value is -1.81. The van der Waals surface area contributed by atoms with Crippen molar-refractivity contribution in [2.24, 2.45) is 10.9 Å². The Balaban J connectivity index is 1.91. The highest BCUT2D eigenvalue weighted by Gasteiger charge is 2.20. The molecule has 19 heavy (non-hydrogen) atoms. The van der Waals surface area contributed by atoms with Gasteiger partial charge in [-0.15, -0.1) is 0 Å². The predicted octanol–water partition coefficient (Wildman–Crippen LogP) is -0.885. The van der Waals surface area contributed by atoms with Crippen LogP contribution in [0.15, 0.2) is 14.8 Å². The van der Waals surface area contributed by atoms with Crippen molar-refractivity contribution in [2.45, 2.75) is 5.03 Å². The topological polar surface area (TPSA) is 127 Å². The third-order valence-corrected chi connectivity index (χ3v) is 3.44. The Morgan fingerprint density at radius 2 is 2.21 bits per heavy atom.